The summed E-state index contributed by atoms with van der Waals surface area (Å²) in [5.74, 6) is -0.854. The van der Waals surface area contributed by atoms with Gasteiger partial charge in [0, 0.05) is 19.3 Å². The predicted octanol–water partition coefficient (Wildman–Crippen LogP) is 17.4. The molecular weight excluding hydrogens is 745 g/mol. The number of unbranched alkanes of at least 4 members (excludes halogenated alkanes) is 36. The monoisotopic (exact) mass is 847 g/mol. The minimum absolute atomic E-state index is 0.0663. The summed E-state index contributed by atoms with van der Waals surface area (Å²) in [5, 5.41) is 0. The zero-order valence-corrected chi connectivity index (χ0v) is 40.5. The minimum atomic E-state index is -0.765. The lowest BCUT2D eigenvalue weighted by atomic mass is 10.0. The highest BCUT2D eigenvalue weighted by Crippen LogP contribution is 2.16. The zero-order chi connectivity index (χ0) is 43.7. The molecular formula is C54H102O6. The number of carbonyl (C=O) groups is 3. The summed E-state index contributed by atoms with van der Waals surface area (Å²) in [6.07, 6.45) is 54.7. The van der Waals surface area contributed by atoms with Crippen LogP contribution >= 0.6 is 0 Å². The van der Waals surface area contributed by atoms with Crippen molar-refractivity contribution in [2.24, 2.45) is 0 Å². The molecule has 6 nitrogen and oxygen atoms in total. The van der Waals surface area contributed by atoms with Crippen molar-refractivity contribution in [3.63, 3.8) is 0 Å². The van der Waals surface area contributed by atoms with E-state index in [2.05, 4.69) is 32.9 Å². The average Bonchev–Trinajstić information content (AvgIpc) is 3.24. The zero-order valence-electron chi connectivity index (χ0n) is 40.5. The molecule has 0 rings (SSSR count). The van der Waals surface area contributed by atoms with Crippen LogP contribution in [0, 0.1) is 0 Å². The molecule has 0 N–H and O–H groups in total. The Morgan fingerprint density at radius 1 is 0.317 bits per heavy atom. The van der Waals surface area contributed by atoms with Crippen LogP contribution in [0.15, 0.2) is 12.2 Å². The van der Waals surface area contributed by atoms with Gasteiger partial charge in [-0.05, 0) is 44.9 Å². The normalized spacial score (nSPS) is 12.0. The Kier molecular flexibility index (Phi) is 48.3. The summed E-state index contributed by atoms with van der Waals surface area (Å²) in [5.41, 5.74) is 0. The molecule has 0 aliphatic rings. The lowest BCUT2D eigenvalue weighted by Crippen LogP contribution is -2.30. The molecule has 0 fully saturated rings. The Morgan fingerprint density at radius 2 is 0.550 bits per heavy atom. The molecule has 0 amide bonds. The molecule has 0 heterocycles. The van der Waals surface area contributed by atoms with Crippen molar-refractivity contribution >= 4 is 17.9 Å². The third-order valence-corrected chi connectivity index (χ3v) is 12.0. The van der Waals surface area contributed by atoms with Gasteiger partial charge in [0.1, 0.15) is 13.2 Å². The first kappa shape index (κ1) is 58.1. The standard InChI is InChI=1S/C54H102O6/c1-4-7-10-13-16-19-22-25-26-27-30-32-35-38-41-44-47-53(56)59-50-51(60-54(57)48-45-42-39-36-33-29-24-21-18-15-12-9-6-3)49-58-52(55)46-43-40-37-34-31-28-23-20-17-14-11-8-5-2/h25-26,51H,4-24,27-50H2,1-3H3/b26-25+/t51-/m0/s1. The van der Waals surface area contributed by atoms with E-state index in [4.69, 9.17) is 14.2 Å². The molecule has 0 aromatic carbocycles. The van der Waals surface area contributed by atoms with Crippen molar-refractivity contribution in [3.8, 4) is 0 Å². The van der Waals surface area contributed by atoms with E-state index >= 15 is 0 Å². The Hall–Kier alpha value is -1.85. The van der Waals surface area contributed by atoms with E-state index in [1.165, 1.54) is 199 Å². The lowest BCUT2D eigenvalue weighted by Gasteiger charge is -2.18. The van der Waals surface area contributed by atoms with Crippen LogP contribution in [0.4, 0.5) is 0 Å². The Balaban J connectivity index is 4.32. The van der Waals surface area contributed by atoms with Crippen molar-refractivity contribution in [1.29, 1.82) is 0 Å². The number of ether oxygens (including phenoxy) is 3. The van der Waals surface area contributed by atoms with Gasteiger partial charge in [-0.1, -0.05) is 245 Å². The van der Waals surface area contributed by atoms with Crippen LogP contribution in [-0.2, 0) is 28.6 Å². The largest absolute Gasteiger partial charge is 0.462 e. The molecule has 60 heavy (non-hydrogen) atoms. The van der Waals surface area contributed by atoms with E-state index in [0.717, 1.165) is 57.8 Å². The number of allylic oxidation sites excluding steroid dienone is 2. The summed E-state index contributed by atoms with van der Waals surface area (Å²) in [4.78, 5) is 38.0. The van der Waals surface area contributed by atoms with Crippen LogP contribution in [0.3, 0.4) is 0 Å². The molecule has 0 spiro atoms. The molecule has 0 aliphatic heterocycles. The van der Waals surface area contributed by atoms with Gasteiger partial charge in [0.05, 0.1) is 0 Å². The van der Waals surface area contributed by atoms with Crippen LogP contribution in [0.5, 0.6) is 0 Å². The fourth-order valence-corrected chi connectivity index (χ4v) is 7.97. The van der Waals surface area contributed by atoms with Crippen LogP contribution in [0.2, 0.25) is 0 Å². The number of hydrogen-bond donors (Lipinski definition) is 0. The summed E-state index contributed by atoms with van der Waals surface area (Å²) in [6, 6.07) is 0. The minimum Gasteiger partial charge on any atom is -0.462 e. The van der Waals surface area contributed by atoms with Gasteiger partial charge in [-0.15, -0.1) is 0 Å². The van der Waals surface area contributed by atoms with Crippen LogP contribution < -0.4 is 0 Å². The first-order valence-electron chi connectivity index (χ1n) is 26.7. The molecule has 0 bridgehead atoms. The van der Waals surface area contributed by atoms with E-state index in [0.29, 0.717) is 19.3 Å². The van der Waals surface area contributed by atoms with E-state index in [9.17, 15) is 14.4 Å². The molecule has 0 radical (unpaired) electrons. The smallest absolute Gasteiger partial charge is 0.306 e. The van der Waals surface area contributed by atoms with Gasteiger partial charge >= 0.3 is 17.9 Å². The predicted molar refractivity (Wildman–Crippen MR) is 256 cm³/mol. The second-order valence-corrected chi connectivity index (χ2v) is 18.2. The van der Waals surface area contributed by atoms with Crippen LogP contribution in [0.25, 0.3) is 0 Å². The molecule has 0 aromatic heterocycles. The van der Waals surface area contributed by atoms with Crippen LogP contribution in [-0.4, -0.2) is 37.2 Å². The van der Waals surface area contributed by atoms with E-state index in [-0.39, 0.29) is 31.1 Å². The lowest BCUT2D eigenvalue weighted by molar-refractivity contribution is -0.167. The van der Waals surface area contributed by atoms with E-state index in [1.54, 1.807) is 0 Å². The fourth-order valence-electron chi connectivity index (χ4n) is 7.97. The molecule has 0 aliphatic carbocycles. The highest BCUT2D eigenvalue weighted by Gasteiger charge is 2.19. The molecule has 0 aromatic rings. The van der Waals surface area contributed by atoms with Gasteiger partial charge in [0.2, 0.25) is 0 Å². The molecule has 0 saturated carbocycles. The van der Waals surface area contributed by atoms with Crippen molar-refractivity contribution in [3.05, 3.63) is 12.2 Å². The van der Waals surface area contributed by atoms with Gasteiger partial charge < -0.3 is 14.2 Å². The topological polar surface area (TPSA) is 78.9 Å². The molecule has 0 saturated heterocycles. The second-order valence-electron chi connectivity index (χ2n) is 18.2. The SMILES string of the molecule is CCCCCCCC/C=C/CCCCCCCCC(=O)OC[C@H](COC(=O)CCCCCCCCCCCCCCC)OC(=O)CCCCCCCCCCCCCCC. The Labute approximate surface area is 373 Å². The van der Waals surface area contributed by atoms with Gasteiger partial charge in [0.15, 0.2) is 6.10 Å². The number of carbonyl (C=O) groups excluding carboxylic acids is 3. The maximum atomic E-state index is 12.8. The first-order chi connectivity index (χ1) is 29.5. The number of hydrogen-bond acceptors (Lipinski definition) is 6. The fraction of sp³-hybridized carbons (Fsp3) is 0.907. The van der Waals surface area contributed by atoms with Gasteiger partial charge in [-0.2, -0.15) is 0 Å². The van der Waals surface area contributed by atoms with Crippen molar-refractivity contribution in [1.82, 2.24) is 0 Å². The summed E-state index contributed by atoms with van der Waals surface area (Å²) in [6.45, 7) is 6.66. The van der Waals surface area contributed by atoms with Crippen molar-refractivity contribution < 1.29 is 28.6 Å². The van der Waals surface area contributed by atoms with E-state index in [1.807, 2.05) is 0 Å². The number of esters is 3. The molecule has 0 unspecified atom stereocenters. The van der Waals surface area contributed by atoms with E-state index < -0.39 is 6.10 Å². The maximum absolute atomic E-state index is 12.8. The summed E-state index contributed by atoms with van der Waals surface area (Å²) < 4.78 is 16.8. The quantitative estimate of drug-likeness (QED) is 0.0263. The Morgan fingerprint density at radius 3 is 0.833 bits per heavy atom. The van der Waals surface area contributed by atoms with Gasteiger partial charge in [-0.3, -0.25) is 14.4 Å². The van der Waals surface area contributed by atoms with Gasteiger partial charge in [-0.25, -0.2) is 0 Å². The average molecular weight is 847 g/mol. The molecule has 6 heteroatoms. The highest BCUT2D eigenvalue weighted by molar-refractivity contribution is 5.71. The first-order valence-corrected chi connectivity index (χ1v) is 26.7. The van der Waals surface area contributed by atoms with Crippen LogP contribution in [0.1, 0.15) is 297 Å². The Bertz CT molecular complexity index is 931. The third-order valence-electron chi connectivity index (χ3n) is 12.0. The summed E-state index contributed by atoms with van der Waals surface area (Å²) in [7, 11) is 0. The van der Waals surface area contributed by atoms with Crippen molar-refractivity contribution in [2.75, 3.05) is 13.2 Å². The molecule has 1 atom stereocenters. The maximum Gasteiger partial charge on any atom is 0.306 e. The molecule has 354 valence electrons. The third kappa shape index (κ3) is 47.2. The van der Waals surface area contributed by atoms with Crippen molar-refractivity contribution in [2.45, 2.75) is 303 Å². The second kappa shape index (κ2) is 49.8. The highest BCUT2D eigenvalue weighted by atomic mass is 16.6. The summed E-state index contributed by atoms with van der Waals surface area (Å²) >= 11 is 0. The number of rotatable bonds is 49. The van der Waals surface area contributed by atoms with Gasteiger partial charge in [0.25, 0.3) is 0 Å².